The second-order valence-corrected chi connectivity index (χ2v) is 5.41. The molecule has 134 valence electrons. The van der Waals surface area contributed by atoms with Crippen LogP contribution in [0.1, 0.15) is 5.56 Å². The van der Waals surface area contributed by atoms with Crippen molar-refractivity contribution in [3.05, 3.63) is 59.4 Å². The lowest BCUT2D eigenvalue weighted by Crippen LogP contribution is -2.34. The highest BCUT2D eigenvalue weighted by molar-refractivity contribution is 6.29. The monoisotopic (exact) mass is 384 g/mol. The summed E-state index contributed by atoms with van der Waals surface area (Å²) >= 11 is 5.53. The van der Waals surface area contributed by atoms with Crippen LogP contribution in [0.2, 0.25) is 0 Å². The molecule has 10 heteroatoms. The van der Waals surface area contributed by atoms with Crippen molar-refractivity contribution < 1.29 is 22.4 Å². The summed E-state index contributed by atoms with van der Waals surface area (Å²) in [5, 5.41) is 0.559. The number of hydrogen-bond donors (Lipinski definition) is 0. The van der Waals surface area contributed by atoms with Crippen LogP contribution in [-0.2, 0) is 11.3 Å². The summed E-state index contributed by atoms with van der Waals surface area (Å²) in [6.45, 7) is -0.851. The molecule has 3 aromatic rings. The minimum Gasteiger partial charge on any atom is -0.275 e. The van der Waals surface area contributed by atoms with Gasteiger partial charge in [0, 0.05) is 29.4 Å². The molecule has 0 saturated heterocycles. The fourth-order valence-electron chi connectivity index (χ4n) is 2.25. The molecular formula is C16H9ClF4N4O. The van der Waals surface area contributed by atoms with E-state index in [1.54, 1.807) is 12.1 Å². The van der Waals surface area contributed by atoms with Crippen molar-refractivity contribution in [2.24, 2.45) is 0 Å². The summed E-state index contributed by atoms with van der Waals surface area (Å²) in [7, 11) is 0. The zero-order chi connectivity index (χ0) is 18.8. The Morgan fingerprint density at radius 1 is 1.12 bits per heavy atom. The lowest BCUT2D eigenvalue weighted by Gasteiger charge is -2.20. The van der Waals surface area contributed by atoms with Gasteiger partial charge >= 0.3 is 0 Å². The van der Waals surface area contributed by atoms with Gasteiger partial charge in [0.15, 0.2) is 28.9 Å². The summed E-state index contributed by atoms with van der Waals surface area (Å²) in [5.41, 5.74) is -0.762. The van der Waals surface area contributed by atoms with Crippen LogP contribution in [0.3, 0.4) is 0 Å². The van der Waals surface area contributed by atoms with Crippen molar-refractivity contribution in [3.8, 4) is 0 Å². The Labute approximate surface area is 149 Å². The highest BCUT2D eigenvalue weighted by Gasteiger charge is 2.25. The van der Waals surface area contributed by atoms with Gasteiger partial charge in [-0.15, -0.1) is 11.6 Å². The Morgan fingerprint density at radius 2 is 1.81 bits per heavy atom. The molecule has 0 fully saturated rings. The van der Waals surface area contributed by atoms with E-state index >= 15 is 0 Å². The predicted molar refractivity (Wildman–Crippen MR) is 85.5 cm³/mol. The van der Waals surface area contributed by atoms with Crippen LogP contribution in [0.25, 0.3) is 11.0 Å². The zero-order valence-electron chi connectivity index (χ0n) is 12.9. The van der Waals surface area contributed by atoms with Gasteiger partial charge in [0.1, 0.15) is 5.88 Å². The highest BCUT2D eigenvalue weighted by atomic mass is 35.5. The van der Waals surface area contributed by atoms with Crippen LogP contribution < -0.4 is 4.90 Å². The Morgan fingerprint density at radius 3 is 2.46 bits per heavy atom. The summed E-state index contributed by atoms with van der Waals surface area (Å²) < 4.78 is 54.7. The number of carbonyl (C=O) groups is 1. The number of carbonyl (C=O) groups excluding carboxylic acids is 1. The van der Waals surface area contributed by atoms with Crippen LogP contribution in [0.4, 0.5) is 23.5 Å². The van der Waals surface area contributed by atoms with E-state index in [-0.39, 0.29) is 17.7 Å². The quantitative estimate of drug-likeness (QED) is 0.393. The first-order valence-electron chi connectivity index (χ1n) is 7.18. The Hall–Kier alpha value is -2.81. The second kappa shape index (κ2) is 7.20. The van der Waals surface area contributed by atoms with E-state index in [0.717, 1.165) is 4.90 Å². The second-order valence-electron chi connectivity index (χ2n) is 5.15. The van der Waals surface area contributed by atoms with E-state index in [0.29, 0.717) is 5.39 Å². The van der Waals surface area contributed by atoms with Gasteiger partial charge in [-0.1, -0.05) is 0 Å². The summed E-state index contributed by atoms with van der Waals surface area (Å²) in [6, 6.07) is 3.40. The smallest absolute Gasteiger partial charge is 0.244 e. The number of halogens is 5. The SMILES string of the molecule is O=C(CCl)N(Cc1c(F)c(F)cc(F)c1F)c1ncc2cccnc2n1. The zero-order valence-corrected chi connectivity index (χ0v) is 13.6. The number of fused-ring (bicyclic) bond motifs is 1. The molecule has 0 aliphatic carbocycles. The molecule has 0 unspecified atom stereocenters. The van der Waals surface area contributed by atoms with E-state index in [1.165, 1.54) is 12.4 Å². The molecule has 1 amide bonds. The van der Waals surface area contributed by atoms with Gasteiger partial charge < -0.3 is 0 Å². The van der Waals surface area contributed by atoms with E-state index in [4.69, 9.17) is 11.6 Å². The molecule has 0 N–H and O–H groups in total. The molecule has 0 bridgehead atoms. The minimum absolute atomic E-state index is 0.0817. The van der Waals surface area contributed by atoms with Gasteiger partial charge in [-0.3, -0.25) is 9.69 Å². The fraction of sp³-hybridized carbons (Fsp3) is 0.125. The summed E-state index contributed by atoms with van der Waals surface area (Å²) in [5.74, 6) is -8.04. The lowest BCUT2D eigenvalue weighted by molar-refractivity contribution is -0.116. The minimum atomic E-state index is -1.62. The van der Waals surface area contributed by atoms with Gasteiger partial charge in [-0.05, 0) is 12.1 Å². The molecule has 5 nitrogen and oxygen atoms in total. The molecular weight excluding hydrogens is 376 g/mol. The summed E-state index contributed by atoms with van der Waals surface area (Å²) in [6.07, 6.45) is 2.80. The van der Waals surface area contributed by atoms with E-state index < -0.39 is 47.2 Å². The number of amides is 1. The van der Waals surface area contributed by atoms with Crippen LogP contribution in [0, 0.1) is 23.3 Å². The van der Waals surface area contributed by atoms with Gasteiger partial charge in [0.25, 0.3) is 0 Å². The summed E-state index contributed by atoms with van der Waals surface area (Å²) in [4.78, 5) is 24.8. The first-order chi connectivity index (χ1) is 12.4. The number of pyridine rings is 1. The van der Waals surface area contributed by atoms with E-state index in [1.807, 2.05) is 0 Å². The van der Waals surface area contributed by atoms with Gasteiger partial charge in [0.2, 0.25) is 11.9 Å². The first-order valence-corrected chi connectivity index (χ1v) is 7.71. The maximum absolute atomic E-state index is 13.9. The van der Waals surface area contributed by atoms with Crippen molar-refractivity contribution >= 4 is 34.5 Å². The van der Waals surface area contributed by atoms with Crippen molar-refractivity contribution in [2.45, 2.75) is 6.54 Å². The van der Waals surface area contributed by atoms with E-state index in [2.05, 4.69) is 15.0 Å². The van der Waals surface area contributed by atoms with Crippen LogP contribution >= 0.6 is 11.6 Å². The number of aromatic nitrogens is 3. The lowest BCUT2D eigenvalue weighted by atomic mass is 10.1. The third-order valence-electron chi connectivity index (χ3n) is 3.52. The average molecular weight is 385 g/mol. The third-order valence-corrected chi connectivity index (χ3v) is 3.75. The van der Waals surface area contributed by atoms with Gasteiger partial charge in [-0.2, -0.15) is 4.98 Å². The Kier molecular flexibility index (Phi) is 4.99. The maximum atomic E-state index is 13.9. The molecule has 26 heavy (non-hydrogen) atoms. The molecule has 0 saturated carbocycles. The Balaban J connectivity index is 2.08. The van der Waals surface area contributed by atoms with Crippen molar-refractivity contribution in [2.75, 3.05) is 10.8 Å². The van der Waals surface area contributed by atoms with Gasteiger partial charge in [0.05, 0.1) is 6.54 Å². The van der Waals surface area contributed by atoms with Crippen LogP contribution in [0.5, 0.6) is 0 Å². The maximum Gasteiger partial charge on any atom is 0.244 e. The Bertz CT molecular complexity index is 975. The molecule has 1 aromatic carbocycles. The van der Waals surface area contributed by atoms with Crippen molar-refractivity contribution in [3.63, 3.8) is 0 Å². The van der Waals surface area contributed by atoms with Crippen LogP contribution in [-0.4, -0.2) is 26.7 Å². The fourth-order valence-corrected chi connectivity index (χ4v) is 2.39. The van der Waals surface area contributed by atoms with Crippen molar-refractivity contribution in [1.82, 2.24) is 15.0 Å². The van der Waals surface area contributed by atoms with Gasteiger partial charge in [-0.25, -0.2) is 27.5 Å². The topological polar surface area (TPSA) is 59.0 Å². The average Bonchev–Trinajstić information content (AvgIpc) is 2.65. The number of benzene rings is 1. The molecule has 0 spiro atoms. The predicted octanol–water partition coefficient (Wildman–Crippen LogP) is 3.35. The molecule has 0 aliphatic rings. The molecule has 2 aromatic heterocycles. The highest BCUT2D eigenvalue weighted by Crippen LogP contribution is 2.23. The molecule has 0 radical (unpaired) electrons. The molecule has 0 atom stereocenters. The number of hydrogen-bond acceptors (Lipinski definition) is 4. The number of alkyl halides is 1. The normalized spacial score (nSPS) is 11.0. The van der Waals surface area contributed by atoms with Crippen molar-refractivity contribution in [1.29, 1.82) is 0 Å². The van der Waals surface area contributed by atoms with E-state index in [9.17, 15) is 22.4 Å². The number of rotatable bonds is 4. The van der Waals surface area contributed by atoms with Crippen LogP contribution in [0.15, 0.2) is 30.6 Å². The molecule has 3 rings (SSSR count). The number of anilines is 1. The standard InChI is InChI=1S/C16H9ClF4N4O/c17-5-12(26)25(7-9-13(20)10(18)4-11(19)14(9)21)16-23-6-8-2-1-3-22-15(8)24-16/h1-4,6H,5,7H2. The largest absolute Gasteiger partial charge is 0.275 e. The number of nitrogens with zero attached hydrogens (tertiary/aromatic N) is 4. The third kappa shape index (κ3) is 3.30. The molecule has 2 heterocycles. The molecule has 0 aliphatic heterocycles. The first kappa shape index (κ1) is 18.0.